The zero-order chi connectivity index (χ0) is 14.8. The summed E-state index contributed by atoms with van der Waals surface area (Å²) >= 11 is 0. The number of hydrogen-bond donors (Lipinski definition) is 1. The number of ether oxygens (including phenoxy) is 1. The highest BCUT2D eigenvalue weighted by atomic mass is 16.6. The lowest BCUT2D eigenvalue weighted by atomic mass is 10.3. The van der Waals surface area contributed by atoms with Crippen molar-refractivity contribution >= 4 is 17.6 Å². The van der Waals surface area contributed by atoms with Crippen LogP contribution in [0.25, 0.3) is 5.69 Å². The predicted octanol–water partition coefficient (Wildman–Crippen LogP) is 0.594. The van der Waals surface area contributed by atoms with Crippen molar-refractivity contribution in [3.8, 4) is 5.69 Å². The van der Waals surface area contributed by atoms with E-state index in [0.29, 0.717) is 37.9 Å². The van der Waals surface area contributed by atoms with Gasteiger partial charge in [-0.15, -0.1) is 5.10 Å². The molecule has 2 aromatic rings. The standard InChI is InChI=1S/C12H14N6O3/c13-11-14-12(16-4-6-21-7-5-16)15-17(11)9-2-1-3-10(8-9)18(19)20/h1-3,8H,4-7H2,(H2,13,14,15). The number of hydrogen-bond acceptors (Lipinski definition) is 7. The molecule has 110 valence electrons. The van der Waals surface area contributed by atoms with Gasteiger partial charge in [0, 0.05) is 25.2 Å². The molecule has 9 heteroatoms. The van der Waals surface area contributed by atoms with Crippen LogP contribution in [-0.2, 0) is 4.74 Å². The van der Waals surface area contributed by atoms with E-state index in [2.05, 4.69) is 10.1 Å². The number of aromatic nitrogens is 3. The summed E-state index contributed by atoms with van der Waals surface area (Å²) < 4.78 is 6.68. The molecule has 0 unspecified atom stereocenters. The second-order valence-corrected chi connectivity index (χ2v) is 4.56. The fourth-order valence-electron chi connectivity index (χ4n) is 2.14. The van der Waals surface area contributed by atoms with E-state index in [1.165, 1.54) is 16.8 Å². The Hall–Kier alpha value is -2.68. The lowest BCUT2D eigenvalue weighted by molar-refractivity contribution is -0.384. The smallest absolute Gasteiger partial charge is 0.271 e. The number of morpholine rings is 1. The molecule has 21 heavy (non-hydrogen) atoms. The van der Waals surface area contributed by atoms with Crippen molar-refractivity contribution in [1.82, 2.24) is 14.8 Å². The molecule has 0 saturated carbocycles. The molecule has 1 aromatic heterocycles. The third-order valence-corrected chi connectivity index (χ3v) is 3.20. The highest BCUT2D eigenvalue weighted by Gasteiger charge is 2.18. The van der Waals surface area contributed by atoms with Gasteiger partial charge in [-0.05, 0) is 6.07 Å². The maximum atomic E-state index is 10.8. The molecule has 1 fully saturated rings. The van der Waals surface area contributed by atoms with Gasteiger partial charge in [0.15, 0.2) is 0 Å². The van der Waals surface area contributed by atoms with E-state index >= 15 is 0 Å². The number of benzene rings is 1. The molecule has 0 amide bonds. The Morgan fingerprint density at radius 3 is 2.81 bits per heavy atom. The molecular formula is C12H14N6O3. The van der Waals surface area contributed by atoms with Gasteiger partial charge in [-0.1, -0.05) is 6.07 Å². The Labute approximate surface area is 120 Å². The molecule has 3 rings (SSSR count). The quantitative estimate of drug-likeness (QED) is 0.650. The third kappa shape index (κ3) is 2.63. The van der Waals surface area contributed by atoms with Crippen LogP contribution in [0.2, 0.25) is 0 Å². The summed E-state index contributed by atoms with van der Waals surface area (Å²) in [4.78, 5) is 16.6. The minimum atomic E-state index is -0.459. The monoisotopic (exact) mass is 290 g/mol. The molecule has 9 nitrogen and oxygen atoms in total. The molecule has 2 heterocycles. The van der Waals surface area contributed by atoms with E-state index in [1.54, 1.807) is 12.1 Å². The number of nitro groups is 1. The van der Waals surface area contributed by atoms with Crippen LogP contribution in [0.5, 0.6) is 0 Å². The van der Waals surface area contributed by atoms with Crippen LogP contribution in [0, 0.1) is 10.1 Å². The van der Waals surface area contributed by atoms with Crippen molar-refractivity contribution in [2.24, 2.45) is 0 Å². The van der Waals surface area contributed by atoms with Crippen LogP contribution in [-0.4, -0.2) is 46.0 Å². The highest BCUT2D eigenvalue weighted by Crippen LogP contribution is 2.20. The summed E-state index contributed by atoms with van der Waals surface area (Å²) in [6.45, 7) is 2.62. The maximum Gasteiger partial charge on any atom is 0.271 e. The Kier molecular flexibility index (Phi) is 3.40. The number of nitrogens with two attached hydrogens (primary N) is 1. The molecule has 1 aliphatic rings. The van der Waals surface area contributed by atoms with Crippen LogP contribution in [0.1, 0.15) is 0 Å². The molecule has 1 aromatic carbocycles. The van der Waals surface area contributed by atoms with Gasteiger partial charge >= 0.3 is 0 Å². The second kappa shape index (κ2) is 5.37. The van der Waals surface area contributed by atoms with Crippen molar-refractivity contribution in [3.63, 3.8) is 0 Å². The van der Waals surface area contributed by atoms with Crippen molar-refractivity contribution < 1.29 is 9.66 Å². The largest absolute Gasteiger partial charge is 0.378 e. The van der Waals surface area contributed by atoms with Crippen LogP contribution in [0.4, 0.5) is 17.6 Å². The molecule has 0 atom stereocenters. The van der Waals surface area contributed by atoms with Crippen LogP contribution in [0.3, 0.4) is 0 Å². The Bertz CT molecular complexity index is 665. The Morgan fingerprint density at radius 2 is 2.10 bits per heavy atom. The van der Waals surface area contributed by atoms with Gasteiger partial charge in [0.2, 0.25) is 11.9 Å². The number of nitro benzene ring substituents is 1. The van der Waals surface area contributed by atoms with Gasteiger partial charge < -0.3 is 15.4 Å². The summed E-state index contributed by atoms with van der Waals surface area (Å²) in [7, 11) is 0. The van der Waals surface area contributed by atoms with E-state index in [1.807, 2.05) is 4.90 Å². The summed E-state index contributed by atoms with van der Waals surface area (Å²) in [5.74, 6) is 0.694. The Balaban J connectivity index is 1.93. The number of rotatable bonds is 3. The molecular weight excluding hydrogens is 276 g/mol. The van der Waals surface area contributed by atoms with E-state index in [-0.39, 0.29) is 11.6 Å². The van der Waals surface area contributed by atoms with Crippen LogP contribution < -0.4 is 10.6 Å². The van der Waals surface area contributed by atoms with Gasteiger partial charge in [0.1, 0.15) is 0 Å². The average Bonchev–Trinajstić information content (AvgIpc) is 2.90. The minimum Gasteiger partial charge on any atom is -0.378 e. The molecule has 1 aliphatic heterocycles. The topological polar surface area (TPSA) is 112 Å². The lowest BCUT2D eigenvalue weighted by Crippen LogP contribution is -2.37. The predicted molar refractivity (Wildman–Crippen MR) is 75.5 cm³/mol. The summed E-state index contributed by atoms with van der Waals surface area (Å²) in [6.07, 6.45) is 0. The zero-order valence-electron chi connectivity index (χ0n) is 11.2. The van der Waals surface area contributed by atoms with Gasteiger partial charge in [0.25, 0.3) is 5.69 Å². The molecule has 0 bridgehead atoms. The van der Waals surface area contributed by atoms with E-state index < -0.39 is 4.92 Å². The fourth-order valence-corrected chi connectivity index (χ4v) is 2.14. The highest BCUT2D eigenvalue weighted by molar-refractivity contribution is 5.48. The summed E-state index contributed by atoms with van der Waals surface area (Å²) in [5.41, 5.74) is 6.36. The summed E-state index contributed by atoms with van der Waals surface area (Å²) in [5, 5.41) is 15.2. The van der Waals surface area contributed by atoms with E-state index in [4.69, 9.17) is 10.5 Å². The van der Waals surface area contributed by atoms with E-state index in [9.17, 15) is 10.1 Å². The molecule has 0 spiro atoms. The maximum absolute atomic E-state index is 10.8. The van der Waals surface area contributed by atoms with Gasteiger partial charge in [-0.25, -0.2) is 0 Å². The zero-order valence-corrected chi connectivity index (χ0v) is 11.2. The van der Waals surface area contributed by atoms with Crippen LogP contribution >= 0.6 is 0 Å². The van der Waals surface area contributed by atoms with Crippen LogP contribution in [0.15, 0.2) is 24.3 Å². The molecule has 2 N–H and O–H groups in total. The van der Waals surface area contributed by atoms with Gasteiger partial charge in [0.05, 0.1) is 23.8 Å². The average molecular weight is 290 g/mol. The van der Waals surface area contributed by atoms with Crippen molar-refractivity contribution in [3.05, 3.63) is 34.4 Å². The van der Waals surface area contributed by atoms with Gasteiger partial charge in [-0.3, -0.25) is 10.1 Å². The minimum absolute atomic E-state index is 0.0182. The molecule has 0 aliphatic carbocycles. The number of anilines is 2. The molecule has 0 radical (unpaired) electrons. The van der Waals surface area contributed by atoms with Crippen molar-refractivity contribution in [2.45, 2.75) is 0 Å². The van der Waals surface area contributed by atoms with Crippen molar-refractivity contribution in [2.75, 3.05) is 36.9 Å². The third-order valence-electron chi connectivity index (χ3n) is 3.20. The number of nitrogens with zero attached hydrogens (tertiary/aromatic N) is 5. The first-order valence-electron chi connectivity index (χ1n) is 6.45. The SMILES string of the molecule is Nc1nc(N2CCOCC2)nn1-c1cccc([N+](=O)[O-])c1. The normalized spacial score (nSPS) is 15.1. The first kappa shape index (κ1) is 13.3. The number of nitrogen functional groups attached to an aromatic ring is 1. The van der Waals surface area contributed by atoms with Crippen molar-refractivity contribution in [1.29, 1.82) is 0 Å². The number of non-ortho nitro benzene ring substituents is 1. The van der Waals surface area contributed by atoms with E-state index in [0.717, 1.165) is 0 Å². The molecule has 1 saturated heterocycles. The second-order valence-electron chi connectivity index (χ2n) is 4.56. The van der Waals surface area contributed by atoms with Gasteiger partial charge in [-0.2, -0.15) is 9.67 Å². The lowest BCUT2D eigenvalue weighted by Gasteiger charge is -2.25. The Morgan fingerprint density at radius 1 is 1.33 bits per heavy atom. The summed E-state index contributed by atoms with van der Waals surface area (Å²) in [6, 6.07) is 6.11. The first-order valence-corrected chi connectivity index (χ1v) is 6.45. The first-order chi connectivity index (χ1) is 10.1. The fraction of sp³-hybridized carbons (Fsp3) is 0.333.